The van der Waals surface area contributed by atoms with E-state index in [-0.39, 0.29) is 45.2 Å². The van der Waals surface area contributed by atoms with E-state index in [1.54, 1.807) is 30.9 Å². The van der Waals surface area contributed by atoms with Crippen LogP contribution in [0.5, 0.6) is 11.5 Å². The maximum Gasteiger partial charge on any atom is 0.262 e. The molecular formula is C25H25ClFN5O4. The molecule has 0 radical (unpaired) electrons. The van der Waals surface area contributed by atoms with Crippen LogP contribution in [0.2, 0.25) is 5.02 Å². The molecule has 0 unspecified atom stereocenters. The number of likely N-dealkylation sites (tertiary alicyclic amines) is 1. The number of hydrogen-bond donors (Lipinski definition) is 2. The summed E-state index contributed by atoms with van der Waals surface area (Å²) in [6.07, 6.45) is 4.77. The highest BCUT2D eigenvalue weighted by molar-refractivity contribution is 6.33. The Balaban J connectivity index is 1.47. The highest BCUT2D eigenvalue weighted by Gasteiger charge is 2.69. The van der Waals surface area contributed by atoms with E-state index < -0.39 is 17.8 Å². The molecule has 1 saturated carbocycles. The van der Waals surface area contributed by atoms with Crippen molar-refractivity contribution in [2.24, 2.45) is 17.3 Å². The molecule has 2 N–H and O–H groups in total. The van der Waals surface area contributed by atoms with Crippen LogP contribution in [0.3, 0.4) is 0 Å². The van der Waals surface area contributed by atoms with Gasteiger partial charge in [-0.05, 0) is 29.4 Å². The fourth-order valence-corrected chi connectivity index (χ4v) is 5.57. The van der Waals surface area contributed by atoms with E-state index in [2.05, 4.69) is 34.1 Å². The zero-order valence-corrected chi connectivity index (χ0v) is 20.9. The number of aromatic amines is 1. The number of methoxy groups -OCH3 is 2. The average molecular weight is 514 g/mol. The van der Waals surface area contributed by atoms with Crippen molar-refractivity contribution in [2.75, 3.05) is 26.1 Å². The number of fused-ring (bicyclic) bond motifs is 1. The number of piperidine rings is 1. The van der Waals surface area contributed by atoms with Gasteiger partial charge in [-0.15, -0.1) is 0 Å². The second kappa shape index (κ2) is 8.77. The minimum absolute atomic E-state index is 0.0175. The molecule has 2 fully saturated rings. The highest BCUT2D eigenvalue weighted by atomic mass is 35.5. The number of aromatic nitrogens is 3. The number of benzene rings is 1. The number of nitrogens with zero attached hydrogens (tertiary/aromatic N) is 3. The predicted octanol–water partition coefficient (Wildman–Crippen LogP) is 4.02. The Morgan fingerprint density at radius 2 is 2.06 bits per heavy atom. The first-order chi connectivity index (χ1) is 17.2. The third-order valence-electron chi connectivity index (χ3n) is 7.32. The number of imidazole rings is 1. The van der Waals surface area contributed by atoms with Gasteiger partial charge in [-0.1, -0.05) is 25.4 Å². The molecule has 36 heavy (non-hydrogen) atoms. The lowest BCUT2D eigenvalue weighted by Crippen LogP contribution is -2.47. The van der Waals surface area contributed by atoms with Crippen molar-refractivity contribution in [3.63, 3.8) is 0 Å². The summed E-state index contributed by atoms with van der Waals surface area (Å²) in [6, 6.07) is 3.70. The number of carbonyl (C=O) groups is 2. The van der Waals surface area contributed by atoms with Crippen LogP contribution >= 0.6 is 11.6 Å². The number of ether oxygens (including phenoxy) is 2. The van der Waals surface area contributed by atoms with Crippen molar-refractivity contribution < 1.29 is 23.5 Å². The van der Waals surface area contributed by atoms with E-state index in [4.69, 9.17) is 21.1 Å². The molecule has 1 saturated heterocycles. The number of nitrogens with one attached hydrogen (secondary N) is 2. The second-order valence-corrected chi connectivity index (χ2v) is 9.90. The van der Waals surface area contributed by atoms with Crippen molar-refractivity contribution in [3.05, 3.63) is 53.3 Å². The molecule has 188 valence electrons. The summed E-state index contributed by atoms with van der Waals surface area (Å²) in [5, 5.41) is 2.62. The van der Waals surface area contributed by atoms with Crippen LogP contribution < -0.4 is 14.8 Å². The molecule has 1 aliphatic carbocycles. The molecule has 1 aromatic carbocycles. The first-order valence-corrected chi connectivity index (χ1v) is 11.7. The average Bonchev–Trinajstić information content (AvgIpc) is 3.32. The number of anilines is 1. The van der Waals surface area contributed by atoms with Gasteiger partial charge in [0.1, 0.15) is 28.2 Å². The van der Waals surface area contributed by atoms with Crippen LogP contribution in [0.15, 0.2) is 36.9 Å². The third kappa shape index (κ3) is 3.76. The minimum atomic E-state index is -0.771. The Morgan fingerprint density at radius 1 is 1.28 bits per heavy atom. The van der Waals surface area contributed by atoms with E-state index >= 15 is 0 Å². The lowest BCUT2D eigenvalue weighted by molar-refractivity contribution is -0.120. The van der Waals surface area contributed by atoms with Gasteiger partial charge in [0.05, 0.1) is 38.1 Å². The van der Waals surface area contributed by atoms with E-state index in [0.29, 0.717) is 23.6 Å². The van der Waals surface area contributed by atoms with Crippen molar-refractivity contribution in [2.45, 2.75) is 19.9 Å². The molecule has 0 bridgehead atoms. The number of hydrogen-bond acceptors (Lipinski definition) is 6. The minimum Gasteiger partial charge on any atom is -0.496 e. The summed E-state index contributed by atoms with van der Waals surface area (Å²) in [5.41, 5.74) is 1.74. The summed E-state index contributed by atoms with van der Waals surface area (Å²) in [7, 11) is 2.63. The van der Waals surface area contributed by atoms with Gasteiger partial charge in [0.2, 0.25) is 5.91 Å². The van der Waals surface area contributed by atoms with Crippen LogP contribution in [-0.2, 0) is 4.79 Å². The Morgan fingerprint density at radius 3 is 2.72 bits per heavy atom. The maximum atomic E-state index is 14.3. The molecule has 1 aliphatic heterocycles. The monoisotopic (exact) mass is 513 g/mol. The van der Waals surface area contributed by atoms with E-state index in [9.17, 15) is 14.0 Å². The lowest BCUT2D eigenvalue weighted by Gasteiger charge is -2.31. The summed E-state index contributed by atoms with van der Waals surface area (Å²) in [6.45, 7) is 4.54. The normalized spacial score (nSPS) is 21.6. The molecule has 2 aromatic heterocycles. The van der Waals surface area contributed by atoms with Crippen LogP contribution in [0, 0.1) is 23.1 Å². The van der Waals surface area contributed by atoms with Crippen LogP contribution in [-0.4, -0.2) is 58.5 Å². The Labute approximate surface area is 212 Å². The largest absolute Gasteiger partial charge is 0.496 e. The van der Waals surface area contributed by atoms with Gasteiger partial charge in [0, 0.05) is 24.5 Å². The molecule has 11 heteroatoms. The third-order valence-corrected chi connectivity index (χ3v) is 7.67. The van der Waals surface area contributed by atoms with Gasteiger partial charge in [-0.2, -0.15) is 0 Å². The van der Waals surface area contributed by atoms with Gasteiger partial charge < -0.3 is 24.7 Å². The number of halogens is 2. The van der Waals surface area contributed by atoms with E-state index in [0.717, 1.165) is 6.07 Å². The zero-order valence-electron chi connectivity index (χ0n) is 20.1. The smallest absolute Gasteiger partial charge is 0.262 e. The first-order valence-electron chi connectivity index (χ1n) is 11.4. The standard InChI is InChI=1S/C25H25ClFN5O4/c1-25(2)13-10-32(24(34)18-17(35-3)8-14(27)20(26)22(18)36-4)21(19(13)25)23(33)31-12-5-6-29-15(7-12)16-9-28-11-30-16/h5-9,11,13,19,21H,10H2,1-4H3,(H,28,30)(H,29,31,33)/t13-,19-,21-/m0/s1. The topological polar surface area (TPSA) is 109 Å². The van der Waals surface area contributed by atoms with Crippen molar-refractivity contribution in [1.29, 1.82) is 0 Å². The number of rotatable bonds is 6. The van der Waals surface area contributed by atoms with Gasteiger partial charge in [-0.3, -0.25) is 14.6 Å². The summed E-state index contributed by atoms with van der Waals surface area (Å²) in [5.74, 6) is -1.65. The van der Waals surface area contributed by atoms with E-state index in [1.165, 1.54) is 19.1 Å². The van der Waals surface area contributed by atoms with Gasteiger partial charge in [0.25, 0.3) is 5.91 Å². The summed E-state index contributed by atoms with van der Waals surface area (Å²) >= 11 is 6.11. The van der Waals surface area contributed by atoms with Crippen molar-refractivity contribution in [1.82, 2.24) is 19.9 Å². The molecule has 3 atom stereocenters. The Kier molecular flexibility index (Phi) is 5.86. The van der Waals surface area contributed by atoms with Crippen LogP contribution in [0.1, 0.15) is 24.2 Å². The summed E-state index contributed by atoms with van der Waals surface area (Å²) < 4.78 is 24.9. The molecule has 9 nitrogen and oxygen atoms in total. The second-order valence-electron chi connectivity index (χ2n) is 9.52. The van der Waals surface area contributed by atoms with Gasteiger partial charge >= 0.3 is 0 Å². The molecule has 2 amide bonds. The number of carbonyl (C=O) groups excluding carboxylic acids is 2. The van der Waals surface area contributed by atoms with Gasteiger partial charge in [-0.25, -0.2) is 9.37 Å². The molecular weight excluding hydrogens is 489 g/mol. The molecule has 2 aliphatic rings. The van der Waals surface area contributed by atoms with Crippen molar-refractivity contribution >= 4 is 29.1 Å². The van der Waals surface area contributed by atoms with Crippen molar-refractivity contribution in [3.8, 4) is 22.9 Å². The Bertz CT molecular complexity index is 1350. The molecule has 0 spiro atoms. The maximum absolute atomic E-state index is 14.3. The SMILES string of the molecule is COc1cc(F)c(Cl)c(OC)c1C(=O)N1C[C@H]2[C@@H]([C@H]1C(=O)Nc1ccnc(-c3cnc[nH]3)c1)C2(C)C. The predicted molar refractivity (Wildman–Crippen MR) is 131 cm³/mol. The molecule has 3 heterocycles. The van der Waals surface area contributed by atoms with E-state index in [1.807, 2.05) is 0 Å². The Hall–Kier alpha value is -3.66. The highest BCUT2D eigenvalue weighted by Crippen LogP contribution is 2.65. The summed E-state index contributed by atoms with van der Waals surface area (Å²) in [4.78, 5) is 40.2. The lowest BCUT2D eigenvalue weighted by atomic mass is 9.99. The molecule has 5 rings (SSSR count). The van der Waals surface area contributed by atoms with Crippen LogP contribution in [0.25, 0.3) is 11.4 Å². The first kappa shape index (κ1) is 24.1. The fraction of sp³-hybridized carbons (Fsp3) is 0.360. The van der Waals surface area contributed by atoms with Gasteiger partial charge in [0.15, 0.2) is 5.75 Å². The number of H-pyrrole nitrogens is 1. The van der Waals surface area contributed by atoms with Crippen LogP contribution in [0.4, 0.5) is 10.1 Å². The zero-order chi connectivity index (χ0) is 25.8. The molecule has 3 aromatic rings. The number of pyridine rings is 1. The fourth-order valence-electron chi connectivity index (χ4n) is 5.34. The quantitative estimate of drug-likeness (QED) is 0.515. The number of amides is 2.